The summed E-state index contributed by atoms with van der Waals surface area (Å²) in [5.74, 6) is 0.217. The van der Waals surface area contributed by atoms with Gasteiger partial charge < -0.3 is 25.8 Å². The van der Waals surface area contributed by atoms with Crippen LogP contribution in [0.1, 0.15) is 51.7 Å². The fraction of sp³-hybridized carbons (Fsp3) is 0.722. The van der Waals surface area contributed by atoms with E-state index in [-0.39, 0.29) is 11.5 Å². The number of aromatic nitrogens is 4. The molecule has 2 aromatic rings. The first kappa shape index (κ1) is 20.7. The number of ether oxygens (including phenoxy) is 1. The number of unbranched alkanes of at least 4 members (excludes halogenated alkanes) is 5. The van der Waals surface area contributed by atoms with Crippen LogP contribution in [0, 0.1) is 0 Å². The lowest BCUT2D eigenvalue weighted by molar-refractivity contribution is -0.0511. The molecule has 3 rings (SSSR count). The molecule has 0 spiro atoms. The predicted molar refractivity (Wildman–Crippen MR) is 103 cm³/mol. The first-order valence-corrected chi connectivity index (χ1v) is 9.84. The Hall–Kier alpha value is -2.01. The van der Waals surface area contributed by atoms with E-state index in [1.165, 1.54) is 34.7 Å². The highest BCUT2D eigenvalue weighted by molar-refractivity contribution is 5.81. The van der Waals surface area contributed by atoms with Crippen molar-refractivity contribution in [3.05, 3.63) is 16.8 Å². The van der Waals surface area contributed by atoms with Gasteiger partial charge in [0.1, 0.15) is 29.6 Å². The van der Waals surface area contributed by atoms with Gasteiger partial charge in [-0.05, 0) is 6.42 Å². The minimum absolute atomic E-state index is 0.177. The van der Waals surface area contributed by atoms with Crippen LogP contribution in [0.3, 0.4) is 0 Å². The summed E-state index contributed by atoms with van der Waals surface area (Å²) in [7, 11) is 0. The number of nitrogens with zero attached hydrogens (tertiary/aromatic N) is 4. The van der Waals surface area contributed by atoms with Crippen molar-refractivity contribution in [2.75, 3.05) is 12.3 Å². The van der Waals surface area contributed by atoms with Gasteiger partial charge in [-0.2, -0.15) is 4.98 Å². The predicted octanol–water partition coefficient (Wildman–Crippen LogP) is 0.147. The Balaban J connectivity index is 1.80. The largest absolute Gasteiger partial charge is 0.394 e. The molecule has 1 aliphatic heterocycles. The van der Waals surface area contributed by atoms with Crippen LogP contribution >= 0.6 is 0 Å². The van der Waals surface area contributed by atoms with Crippen molar-refractivity contribution < 1.29 is 20.1 Å². The molecule has 1 fully saturated rings. The fourth-order valence-corrected chi connectivity index (χ4v) is 3.59. The number of nitrogen functional groups attached to an aromatic ring is 1. The molecule has 1 unspecified atom stereocenters. The van der Waals surface area contributed by atoms with Crippen LogP contribution in [-0.2, 0) is 11.3 Å². The summed E-state index contributed by atoms with van der Waals surface area (Å²) in [6, 6.07) is 0. The molecule has 1 aliphatic rings. The van der Waals surface area contributed by atoms with Gasteiger partial charge in [-0.1, -0.05) is 39.0 Å². The Morgan fingerprint density at radius 3 is 2.57 bits per heavy atom. The molecule has 0 amide bonds. The molecule has 10 heteroatoms. The third-order valence-corrected chi connectivity index (χ3v) is 5.26. The second-order valence-electron chi connectivity index (χ2n) is 7.25. The molecule has 0 aromatic carbocycles. The topological polar surface area (TPSA) is 149 Å². The molecule has 0 bridgehead atoms. The summed E-state index contributed by atoms with van der Waals surface area (Å²) >= 11 is 0. The Morgan fingerprint density at radius 2 is 1.89 bits per heavy atom. The zero-order chi connectivity index (χ0) is 20.3. The van der Waals surface area contributed by atoms with E-state index in [1.54, 1.807) is 0 Å². The molecule has 28 heavy (non-hydrogen) atoms. The second kappa shape index (κ2) is 8.99. The van der Waals surface area contributed by atoms with Crippen molar-refractivity contribution in [1.29, 1.82) is 0 Å². The third-order valence-electron chi connectivity index (χ3n) is 5.26. The summed E-state index contributed by atoms with van der Waals surface area (Å²) in [4.78, 5) is 20.8. The van der Waals surface area contributed by atoms with Crippen LogP contribution < -0.4 is 11.4 Å². The number of fused-ring (bicyclic) bond motifs is 1. The summed E-state index contributed by atoms with van der Waals surface area (Å²) < 4.78 is 8.27. The van der Waals surface area contributed by atoms with E-state index in [0.29, 0.717) is 12.1 Å². The molecule has 3 heterocycles. The fourth-order valence-electron chi connectivity index (χ4n) is 3.59. The number of anilines is 1. The number of aliphatic hydroxyl groups is 3. The molecule has 4 atom stereocenters. The van der Waals surface area contributed by atoms with Gasteiger partial charge in [-0.3, -0.25) is 9.13 Å². The highest BCUT2D eigenvalue weighted by atomic mass is 16.6. The van der Waals surface area contributed by atoms with E-state index in [4.69, 9.17) is 10.5 Å². The average molecular weight is 395 g/mol. The first-order chi connectivity index (χ1) is 13.5. The number of aliphatic hydroxyl groups excluding tert-OH is 3. The number of nitrogens with two attached hydrogens (primary N) is 1. The van der Waals surface area contributed by atoms with Gasteiger partial charge >= 0.3 is 5.69 Å². The van der Waals surface area contributed by atoms with E-state index in [1.807, 2.05) is 0 Å². The lowest BCUT2D eigenvalue weighted by Gasteiger charge is -2.17. The highest BCUT2D eigenvalue weighted by Gasteiger charge is 2.44. The molecule has 0 saturated carbocycles. The molecule has 1 saturated heterocycles. The Morgan fingerprint density at radius 1 is 1.18 bits per heavy atom. The Kier molecular flexibility index (Phi) is 6.65. The maximum atomic E-state index is 12.5. The van der Waals surface area contributed by atoms with Crippen LogP contribution in [0.4, 0.5) is 5.82 Å². The third kappa shape index (κ3) is 3.90. The van der Waals surface area contributed by atoms with Crippen LogP contribution in [-0.4, -0.2) is 59.3 Å². The molecule has 10 nitrogen and oxygen atoms in total. The Bertz CT molecular complexity index is 851. The Labute approximate surface area is 162 Å². The second-order valence-corrected chi connectivity index (χ2v) is 7.25. The molecule has 156 valence electrons. The smallest absolute Gasteiger partial charge is 0.351 e. The molecule has 5 N–H and O–H groups in total. The molecule has 0 aliphatic carbocycles. The molecule has 2 aromatic heterocycles. The zero-order valence-corrected chi connectivity index (χ0v) is 16.1. The van der Waals surface area contributed by atoms with Crippen molar-refractivity contribution in [3.63, 3.8) is 0 Å². The lowest BCUT2D eigenvalue weighted by Crippen LogP contribution is -2.33. The maximum absolute atomic E-state index is 12.5. The van der Waals surface area contributed by atoms with Gasteiger partial charge in [0.2, 0.25) is 0 Å². The van der Waals surface area contributed by atoms with Gasteiger partial charge in [0.25, 0.3) is 0 Å². The highest BCUT2D eigenvalue weighted by Crippen LogP contribution is 2.31. The quantitative estimate of drug-likeness (QED) is 0.438. The average Bonchev–Trinajstić information content (AvgIpc) is 3.22. The van der Waals surface area contributed by atoms with Crippen LogP contribution in [0.15, 0.2) is 11.1 Å². The van der Waals surface area contributed by atoms with Gasteiger partial charge in [-0.25, -0.2) is 9.78 Å². The zero-order valence-electron chi connectivity index (χ0n) is 16.1. The number of imidazole rings is 1. The van der Waals surface area contributed by atoms with Crippen molar-refractivity contribution >= 4 is 17.0 Å². The number of hydrogen-bond acceptors (Lipinski definition) is 8. The van der Waals surface area contributed by atoms with Gasteiger partial charge in [0.05, 0.1) is 12.9 Å². The van der Waals surface area contributed by atoms with Crippen LogP contribution in [0.2, 0.25) is 0 Å². The molecular formula is C18H29N5O5. The van der Waals surface area contributed by atoms with Crippen molar-refractivity contribution in [2.45, 2.75) is 76.5 Å². The monoisotopic (exact) mass is 395 g/mol. The van der Waals surface area contributed by atoms with E-state index < -0.39 is 36.8 Å². The van der Waals surface area contributed by atoms with Gasteiger partial charge in [-0.15, -0.1) is 0 Å². The number of rotatable bonds is 9. The molecule has 0 radical (unpaired) electrons. The van der Waals surface area contributed by atoms with E-state index in [2.05, 4.69) is 16.9 Å². The van der Waals surface area contributed by atoms with E-state index >= 15 is 0 Å². The number of hydrogen-bond donors (Lipinski definition) is 4. The summed E-state index contributed by atoms with van der Waals surface area (Å²) in [5.41, 5.74) is 6.18. The lowest BCUT2D eigenvalue weighted by atomic mass is 10.1. The van der Waals surface area contributed by atoms with Crippen LogP contribution in [0.5, 0.6) is 0 Å². The summed E-state index contributed by atoms with van der Waals surface area (Å²) in [6.45, 7) is 2.20. The van der Waals surface area contributed by atoms with Crippen molar-refractivity contribution in [3.8, 4) is 0 Å². The SMILES string of the molecule is CCCCCCCCn1c(N)c2ncn(C3O[C@H](CO)[C@@H](O)[C@H]3O)c2nc1=O. The van der Waals surface area contributed by atoms with Crippen molar-refractivity contribution in [1.82, 2.24) is 19.1 Å². The molecular weight excluding hydrogens is 366 g/mol. The van der Waals surface area contributed by atoms with Gasteiger partial charge in [0.15, 0.2) is 11.9 Å². The van der Waals surface area contributed by atoms with Crippen molar-refractivity contribution in [2.24, 2.45) is 0 Å². The van der Waals surface area contributed by atoms with Crippen LogP contribution in [0.25, 0.3) is 11.2 Å². The summed E-state index contributed by atoms with van der Waals surface area (Å²) in [6.07, 6.45) is 3.44. The first-order valence-electron chi connectivity index (χ1n) is 9.84. The van der Waals surface area contributed by atoms with E-state index in [0.717, 1.165) is 19.3 Å². The standard InChI is InChI=1S/C18H29N5O5/c1-2-3-4-5-6-7-8-22-15(19)12-16(21-18(22)27)23(10-20-12)17-14(26)13(25)11(9-24)28-17/h10-11,13-14,17,24-26H,2-9,19H2,1H3/t11-,13-,14-,17?/m1/s1. The minimum Gasteiger partial charge on any atom is -0.394 e. The van der Waals surface area contributed by atoms with Gasteiger partial charge in [0, 0.05) is 6.54 Å². The maximum Gasteiger partial charge on any atom is 0.351 e. The summed E-state index contributed by atoms with van der Waals surface area (Å²) in [5, 5.41) is 29.4. The minimum atomic E-state index is -1.29. The normalized spacial score (nSPS) is 25.0. The van der Waals surface area contributed by atoms with E-state index in [9.17, 15) is 20.1 Å².